The monoisotopic (exact) mass is 646 g/mol. The van der Waals surface area contributed by atoms with Crippen molar-refractivity contribution in [1.29, 1.82) is 0 Å². The van der Waals surface area contributed by atoms with Gasteiger partial charge in [-0.1, -0.05) is 17.9 Å². The van der Waals surface area contributed by atoms with Gasteiger partial charge in [0.15, 0.2) is 0 Å². The third-order valence-corrected chi connectivity index (χ3v) is 8.90. The highest BCUT2D eigenvalue weighted by molar-refractivity contribution is 5.87. The van der Waals surface area contributed by atoms with Gasteiger partial charge in [0.2, 0.25) is 11.8 Å². The molecule has 48 heavy (non-hydrogen) atoms. The molecule has 2 amide bonds. The fourth-order valence-corrected chi connectivity index (χ4v) is 5.54. The van der Waals surface area contributed by atoms with Crippen molar-refractivity contribution < 1.29 is 18.4 Å². The topological polar surface area (TPSA) is 92.2 Å². The Balaban J connectivity index is 0.000000188. The van der Waals surface area contributed by atoms with Crippen molar-refractivity contribution in [3.8, 4) is 23.7 Å². The summed E-state index contributed by atoms with van der Waals surface area (Å²) in [6, 6.07) is 19.1. The quantitative estimate of drug-likeness (QED) is 0.268. The van der Waals surface area contributed by atoms with E-state index < -0.39 is 0 Å². The molecule has 0 bridgehead atoms. The van der Waals surface area contributed by atoms with Crippen molar-refractivity contribution in [2.24, 2.45) is 0 Å². The van der Waals surface area contributed by atoms with Crippen molar-refractivity contribution in [3.05, 3.63) is 118 Å². The average Bonchev–Trinajstić information content (AvgIpc) is 3.41. The van der Waals surface area contributed by atoms with E-state index in [1.54, 1.807) is 58.3 Å². The fourth-order valence-electron chi connectivity index (χ4n) is 5.54. The van der Waals surface area contributed by atoms with Gasteiger partial charge < -0.3 is 9.80 Å². The van der Waals surface area contributed by atoms with Gasteiger partial charge in [-0.3, -0.25) is 9.59 Å². The molecule has 6 rings (SSSR count). The molecule has 0 aliphatic carbocycles. The third-order valence-electron chi connectivity index (χ3n) is 8.90. The fraction of sp³-hybridized carbons (Fsp3) is 0.316. The molecule has 0 radical (unpaired) electrons. The van der Waals surface area contributed by atoms with Gasteiger partial charge in [0.05, 0.1) is 23.2 Å². The van der Waals surface area contributed by atoms with E-state index in [0.29, 0.717) is 40.3 Å². The lowest BCUT2D eigenvalue weighted by Gasteiger charge is -2.26. The van der Waals surface area contributed by atoms with Crippen molar-refractivity contribution in [2.75, 3.05) is 14.1 Å². The molecular formula is C38H36F2N6O2. The summed E-state index contributed by atoms with van der Waals surface area (Å²) in [6.07, 6.45) is 1.43. The Kier molecular flexibility index (Phi) is 9.67. The SMILES string of the molecule is CN1C(=O)C(c2ccc(C#Cc3ccc(F)cc3)nn2)CC1(C)C.CN1C(=O)C(c2ccc(C#Cc3cccc(F)c3)nn2)CC1(C)C. The number of likely N-dealkylation sites (tertiary alicyclic amines) is 2. The maximum Gasteiger partial charge on any atom is 0.232 e. The number of carbonyl (C=O) groups is 2. The molecular weight excluding hydrogens is 610 g/mol. The van der Waals surface area contributed by atoms with Crippen LogP contribution in [0.2, 0.25) is 0 Å². The average molecular weight is 647 g/mol. The van der Waals surface area contributed by atoms with Crippen LogP contribution in [0.1, 0.15) is 86.3 Å². The number of nitrogens with zero attached hydrogens (tertiary/aromatic N) is 6. The van der Waals surface area contributed by atoms with Crippen molar-refractivity contribution in [1.82, 2.24) is 30.2 Å². The molecule has 2 aliphatic heterocycles. The number of rotatable bonds is 2. The van der Waals surface area contributed by atoms with E-state index in [4.69, 9.17) is 0 Å². The van der Waals surface area contributed by atoms with Crippen LogP contribution in [0.5, 0.6) is 0 Å². The number of hydrogen-bond acceptors (Lipinski definition) is 6. The summed E-state index contributed by atoms with van der Waals surface area (Å²) in [7, 11) is 3.63. The van der Waals surface area contributed by atoms with E-state index in [9.17, 15) is 18.4 Å². The summed E-state index contributed by atoms with van der Waals surface area (Å²) < 4.78 is 26.0. The van der Waals surface area contributed by atoms with E-state index in [1.807, 2.05) is 41.8 Å². The zero-order chi connectivity index (χ0) is 34.6. The summed E-state index contributed by atoms with van der Waals surface area (Å²) in [5, 5.41) is 16.5. The molecule has 2 saturated heterocycles. The van der Waals surface area contributed by atoms with Gasteiger partial charge in [-0.05, 0) is 119 Å². The Morgan fingerprint density at radius 2 is 1.08 bits per heavy atom. The first-order valence-corrected chi connectivity index (χ1v) is 15.5. The number of amides is 2. The molecule has 2 aromatic heterocycles. The summed E-state index contributed by atoms with van der Waals surface area (Å²) in [6.45, 7) is 8.16. The molecule has 8 nitrogen and oxygen atoms in total. The van der Waals surface area contributed by atoms with Gasteiger partial charge in [0.25, 0.3) is 0 Å². The summed E-state index contributed by atoms with van der Waals surface area (Å²) in [5.41, 5.74) is 3.26. The highest BCUT2D eigenvalue weighted by atomic mass is 19.1. The second kappa shape index (κ2) is 13.7. The lowest BCUT2D eigenvalue weighted by Crippen LogP contribution is -2.37. The normalized spacial score (nSPS) is 19.1. The maximum absolute atomic E-state index is 13.1. The Morgan fingerprint density at radius 1 is 0.604 bits per heavy atom. The molecule has 244 valence electrons. The van der Waals surface area contributed by atoms with Crippen molar-refractivity contribution >= 4 is 11.8 Å². The summed E-state index contributed by atoms with van der Waals surface area (Å²) >= 11 is 0. The van der Waals surface area contributed by atoms with Gasteiger partial charge in [0, 0.05) is 36.3 Å². The van der Waals surface area contributed by atoms with Gasteiger partial charge in [-0.15, -0.1) is 10.2 Å². The van der Waals surface area contributed by atoms with E-state index in [0.717, 1.165) is 6.42 Å². The number of hydrogen-bond donors (Lipinski definition) is 0. The molecule has 0 spiro atoms. The summed E-state index contributed by atoms with van der Waals surface area (Å²) in [5.74, 6) is 10.5. The molecule has 4 aromatic rings. The minimum atomic E-state index is -0.324. The number of benzene rings is 2. The number of carbonyl (C=O) groups excluding carboxylic acids is 2. The van der Waals surface area contributed by atoms with Crippen LogP contribution in [0, 0.1) is 35.3 Å². The van der Waals surface area contributed by atoms with Crippen LogP contribution >= 0.6 is 0 Å². The van der Waals surface area contributed by atoms with Crippen LogP contribution in [0.15, 0.2) is 72.8 Å². The first-order chi connectivity index (χ1) is 22.7. The van der Waals surface area contributed by atoms with Crippen LogP contribution in [-0.4, -0.2) is 67.2 Å². The molecule has 2 unspecified atom stereocenters. The highest BCUT2D eigenvalue weighted by Crippen LogP contribution is 2.38. The summed E-state index contributed by atoms with van der Waals surface area (Å²) in [4.78, 5) is 28.2. The van der Waals surface area contributed by atoms with E-state index >= 15 is 0 Å². The smallest absolute Gasteiger partial charge is 0.232 e. The van der Waals surface area contributed by atoms with Crippen LogP contribution in [0.25, 0.3) is 0 Å². The third kappa shape index (κ3) is 7.72. The van der Waals surface area contributed by atoms with Crippen molar-refractivity contribution in [3.63, 3.8) is 0 Å². The van der Waals surface area contributed by atoms with Gasteiger partial charge in [0.1, 0.15) is 23.0 Å². The Morgan fingerprint density at radius 3 is 1.48 bits per heavy atom. The van der Waals surface area contributed by atoms with Crippen LogP contribution in [0.4, 0.5) is 8.78 Å². The number of aromatic nitrogens is 4. The predicted octanol–water partition coefficient (Wildman–Crippen LogP) is 5.48. The van der Waals surface area contributed by atoms with Gasteiger partial charge in [-0.25, -0.2) is 8.78 Å². The first kappa shape index (κ1) is 33.9. The largest absolute Gasteiger partial charge is 0.340 e. The Hall–Kier alpha value is -5.48. The van der Waals surface area contributed by atoms with Crippen LogP contribution in [0.3, 0.4) is 0 Å². The first-order valence-electron chi connectivity index (χ1n) is 15.5. The van der Waals surface area contributed by atoms with E-state index in [1.165, 1.54) is 24.3 Å². The van der Waals surface area contributed by atoms with Crippen molar-refractivity contribution in [2.45, 2.75) is 63.5 Å². The Labute approximate surface area is 279 Å². The van der Waals surface area contributed by atoms with E-state index in [-0.39, 0.29) is 46.4 Å². The zero-order valence-corrected chi connectivity index (χ0v) is 27.8. The minimum Gasteiger partial charge on any atom is -0.340 e. The number of likely N-dealkylation sites (N-methyl/N-ethyl adjacent to an activating group) is 2. The molecule has 4 heterocycles. The zero-order valence-electron chi connectivity index (χ0n) is 27.8. The lowest BCUT2D eigenvalue weighted by molar-refractivity contribution is -0.131. The predicted molar refractivity (Wildman–Crippen MR) is 177 cm³/mol. The second-order valence-corrected chi connectivity index (χ2v) is 13.1. The number of halogens is 2. The van der Waals surface area contributed by atoms with Gasteiger partial charge >= 0.3 is 0 Å². The molecule has 2 atom stereocenters. The minimum absolute atomic E-state index is 0.0629. The molecule has 0 N–H and O–H groups in total. The molecule has 2 aromatic carbocycles. The molecule has 0 saturated carbocycles. The van der Waals surface area contributed by atoms with Gasteiger partial charge in [-0.2, -0.15) is 10.2 Å². The molecule has 10 heteroatoms. The second-order valence-electron chi connectivity index (χ2n) is 13.1. The molecule has 2 fully saturated rings. The lowest BCUT2D eigenvalue weighted by atomic mass is 9.94. The highest BCUT2D eigenvalue weighted by Gasteiger charge is 2.45. The van der Waals surface area contributed by atoms with Crippen LogP contribution < -0.4 is 0 Å². The standard InChI is InChI=1S/2C19H18FN3O/c1-19(2)12-16(18(24)23(19)3)17-11-10-15(21-22-17)9-6-13-4-7-14(20)8-5-13;1-19(2)12-16(18(24)23(19)3)17-10-9-15(21-22-17)8-7-13-5-4-6-14(20)11-13/h4-5,7-8,10-11,16H,12H2,1-3H3;4-6,9-11,16H,12H2,1-3H3. The Bertz CT molecular complexity index is 1940. The molecule has 2 aliphatic rings. The van der Waals surface area contributed by atoms with E-state index in [2.05, 4.69) is 44.1 Å². The van der Waals surface area contributed by atoms with Crippen LogP contribution in [-0.2, 0) is 9.59 Å². The maximum atomic E-state index is 13.1.